The normalized spacial score (nSPS) is 16.4. The van der Waals surface area contributed by atoms with E-state index in [1.807, 2.05) is 6.07 Å². The zero-order valence-corrected chi connectivity index (χ0v) is 18.0. The Balaban J connectivity index is 1.37. The number of likely N-dealkylation sites (tertiary alicyclic amines) is 1. The highest BCUT2D eigenvalue weighted by Crippen LogP contribution is 2.25. The lowest BCUT2D eigenvalue weighted by Crippen LogP contribution is -2.51. The van der Waals surface area contributed by atoms with E-state index in [0.29, 0.717) is 0 Å². The first kappa shape index (κ1) is 22.8. The third-order valence-corrected chi connectivity index (χ3v) is 6.03. The Morgan fingerprint density at radius 3 is 2.42 bits per heavy atom. The van der Waals surface area contributed by atoms with E-state index >= 15 is 0 Å². The third kappa shape index (κ3) is 5.34. The average molecular weight is 453 g/mol. The summed E-state index contributed by atoms with van der Waals surface area (Å²) in [4.78, 5) is 30.6. The molecule has 2 heterocycles. The first-order valence-electron chi connectivity index (χ1n) is 10.9. The van der Waals surface area contributed by atoms with Crippen molar-refractivity contribution in [2.24, 2.45) is 0 Å². The standard InChI is InChI=1S/C25H25F2N3O3/c26-20-9-5-4-8-19(20)22-15-23(31)30(17-28-22)16-25(33)10-12-29(13-11-25)24(32)21(27)14-18-6-2-1-3-7-18/h1-9,15,17,21,33H,10-14,16H2. The summed E-state index contributed by atoms with van der Waals surface area (Å²) in [5.74, 6) is -1.06. The fourth-order valence-electron chi connectivity index (χ4n) is 4.09. The smallest absolute Gasteiger partial charge is 0.257 e. The summed E-state index contributed by atoms with van der Waals surface area (Å²) in [6, 6.07) is 16.3. The molecule has 33 heavy (non-hydrogen) atoms. The van der Waals surface area contributed by atoms with E-state index in [0.717, 1.165) is 5.56 Å². The summed E-state index contributed by atoms with van der Waals surface area (Å²) in [6.07, 6.45) is 0.0695. The van der Waals surface area contributed by atoms with Crippen LogP contribution in [0.3, 0.4) is 0 Å². The van der Waals surface area contributed by atoms with Crippen LogP contribution in [0.2, 0.25) is 0 Å². The molecule has 1 unspecified atom stereocenters. The molecule has 6 nitrogen and oxygen atoms in total. The number of alkyl halides is 1. The molecule has 0 aliphatic carbocycles. The number of piperidine rings is 1. The highest BCUT2D eigenvalue weighted by molar-refractivity contribution is 5.81. The number of aromatic nitrogens is 2. The molecular weight excluding hydrogens is 428 g/mol. The van der Waals surface area contributed by atoms with Gasteiger partial charge in [0.2, 0.25) is 0 Å². The molecule has 2 aromatic carbocycles. The van der Waals surface area contributed by atoms with Crippen molar-refractivity contribution >= 4 is 5.91 Å². The van der Waals surface area contributed by atoms with Crippen molar-refractivity contribution in [3.63, 3.8) is 0 Å². The topological polar surface area (TPSA) is 75.4 Å². The minimum absolute atomic E-state index is 0.00978. The Kier molecular flexibility index (Phi) is 6.65. The van der Waals surface area contributed by atoms with E-state index in [1.165, 1.54) is 34.0 Å². The number of amides is 1. The number of halogens is 2. The molecule has 3 aromatic rings. The molecule has 1 aromatic heterocycles. The molecule has 0 spiro atoms. The number of hydrogen-bond acceptors (Lipinski definition) is 4. The second-order valence-electron chi connectivity index (χ2n) is 8.43. The molecule has 0 radical (unpaired) electrons. The van der Waals surface area contributed by atoms with Crippen molar-refractivity contribution in [3.8, 4) is 11.3 Å². The van der Waals surface area contributed by atoms with Gasteiger partial charge in [0.25, 0.3) is 11.5 Å². The zero-order valence-electron chi connectivity index (χ0n) is 18.0. The van der Waals surface area contributed by atoms with Crippen LogP contribution in [0, 0.1) is 5.82 Å². The van der Waals surface area contributed by atoms with Gasteiger partial charge in [0.1, 0.15) is 5.82 Å². The summed E-state index contributed by atoms with van der Waals surface area (Å²) in [5, 5.41) is 11.0. The Morgan fingerprint density at radius 2 is 1.76 bits per heavy atom. The number of rotatable bonds is 6. The van der Waals surface area contributed by atoms with Gasteiger partial charge in [0.15, 0.2) is 6.17 Å². The Morgan fingerprint density at radius 1 is 1.09 bits per heavy atom. The number of benzene rings is 2. The van der Waals surface area contributed by atoms with Crippen molar-refractivity contribution in [3.05, 3.63) is 88.7 Å². The second kappa shape index (κ2) is 9.62. The number of nitrogens with zero attached hydrogens (tertiary/aromatic N) is 3. The van der Waals surface area contributed by atoms with Gasteiger partial charge in [0, 0.05) is 31.1 Å². The summed E-state index contributed by atoms with van der Waals surface area (Å²) < 4.78 is 29.8. The third-order valence-electron chi connectivity index (χ3n) is 6.03. The van der Waals surface area contributed by atoms with Gasteiger partial charge in [-0.15, -0.1) is 0 Å². The summed E-state index contributed by atoms with van der Waals surface area (Å²) in [6.45, 7) is 0.377. The first-order valence-corrected chi connectivity index (χ1v) is 10.9. The van der Waals surface area contributed by atoms with E-state index < -0.39 is 29.1 Å². The van der Waals surface area contributed by atoms with E-state index in [9.17, 15) is 23.5 Å². The fraction of sp³-hybridized carbons (Fsp3) is 0.320. The molecular formula is C25H25F2N3O3. The fourth-order valence-corrected chi connectivity index (χ4v) is 4.09. The van der Waals surface area contributed by atoms with Gasteiger partial charge in [0.05, 0.1) is 24.2 Å². The Labute approximate surface area is 190 Å². The highest BCUT2D eigenvalue weighted by atomic mass is 19.1. The molecule has 8 heteroatoms. The summed E-state index contributed by atoms with van der Waals surface area (Å²) in [5.41, 5.74) is -0.454. The number of carbonyl (C=O) groups is 1. The van der Waals surface area contributed by atoms with E-state index in [4.69, 9.17) is 0 Å². The largest absolute Gasteiger partial charge is 0.388 e. The quantitative estimate of drug-likeness (QED) is 0.623. The highest BCUT2D eigenvalue weighted by Gasteiger charge is 2.36. The molecule has 1 aliphatic rings. The minimum Gasteiger partial charge on any atom is -0.388 e. The molecule has 1 aliphatic heterocycles. The van der Waals surface area contributed by atoms with Gasteiger partial charge < -0.3 is 10.0 Å². The van der Waals surface area contributed by atoms with Gasteiger partial charge in [-0.2, -0.15) is 0 Å². The Hall–Kier alpha value is -3.39. The molecule has 1 fully saturated rings. The lowest BCUT2D eigenvalue weighted by atomic mass is 9.91. The van der Waals surface area contributed by atoms with Crippen LogP contribution in [0.4, 0.5) is 8.78 Å². The molecule has 1 atom stereocenters. The van der Waals surface area contributed by atoms with Crippen molar-refractivity contribution in [1.82, 2.24) is 14.5 Å². The molecule has 0 saturated carbocycles. The van der Waals surface area contributed by atoms with Crippen LogP contribution in [0.25, 0.3) is 11.3 Å². The monoisotopic (exact) mass is 453 g/mol. The predicted octanol–water partition coefficient (Wildman–Crippen LogP) is 2.98. The SMILES string of the molecule is O=C(C(F)Cc1ccccc1)N1CCC(O)(Cn2cnc(-c3ccccc3F)cc2=O)CC1. The maximum Gasteiger partial charge on any atom is 0.257 e. The molecule has 4 rings (SSSR count). The van der Waals surface area contributed by atoms with Crippen LogP contribution in [-0.4, -0.2) is 50.3 Å². The van der Waals surface area contributed by atoms with Gasteiger partial charge in [-0.3, -0.25) is 14.2 Å². The van der Waals surface area contributed by atoms with Gasteiger partial charge in [-0.05, 0) is 30.5 Å². The van der Waals surface area contributed by atoms with E-state index in [2.05, 4.69) is 4.98 Å². The van der Waals surface area contributed by atoms with Crippen LogP contribution in [0.15, 0.2) is 71.8 Å². The molecule has 1 amide bonds. The second-order valence-corrected chi connectivity index (χ2v) is 8.43. The van der Waals surface area contributed by atoms with Gasteiger partial charge >= 0.3 is 0 Å². The number of carbonyl (C=O) groups excluding carboxylic acids is 1. The maximum atomic E-state index is 14.5. The van der Waals surface area contributed by atoms with Crippen molar-refractivity contribution < 1.29 is 18.7 Å². The zero-order chi connectivity index (χ0) is 23.4. The average Bonchev–Trinajstić information content (AvgIpc) is 2.81. The van der Waals surface area contributed by atoms with E-state index in [-0.39, 0.29) is 50.2 Å². The number of hydrogen-bond donors (Lipinski definition) is 1. The van der Waals surface area contributed by atoms with Gasteiger partial charge in [-0.25, -0.2) is 13.8 Å². The van der Waals surface area contributed by atoms with E-state index in [1.54, 1.807) is 36.4 Å². The summed E-state index contributed by atoms with van der Waals surface area (Å²) in [7, 11) is 0. The predicted molar refractivity (Wildman–Crippen MR) is 120 cm³/mol. The lowest BCUT2D eigenvalue weighted by Gasteiger charge is -2.38. The van der Waals surface area contributed by atoms with Crippen LogP contribution < -0.4 is 5.56 Å². The minimum atomic E-state index is -1.64. The van der Waals surface area contributed by atoms with Crippen molar-refractivity contribution in [1.29, 1.82) is 0 Å². The Bertz CT molecular complexity index is 1170. The van der Waals surface area contributed by atoms with Crippen molar-refractivity contribution in [2.45, 2.75) is 37.6 Å². The number of aliphatic hydroxyl groups is 1. The molecule has 1 saturated heterocycles. The maximum absolute atomic E-state index is 14.5. The van der Waals surface area contributed by atoms with Crippen molar-refractivity contribution in [2.75, 3.05) is 13.1 Å². The lowest BCUT2D eigenvalue weighted by molar-refractivity contribution is -0.141. The van der Waals surface area contributed by atoms with Crippen LogP contribution >= 0.6 is 0 Å². The van der Waals surface area contributed by atoms with Crippen LogP contribution in [-0.2, 0) is 17.8 Å². The molecule has 172 valence electrons. The first-order chi connectivity index (χ1) is 15.8. The summed E-state index contributed by atoms with van der Waals surface area (Å²) >= 11 is 0. The van der Waals surface area contributed by atoms with Crippen LogP contribution in [0.1, 0.15) is 18.4 Å². The van der Waals surface area contributed by atoms with Crippen LogP contribution in [0.5, 0.6) is 0 Å². The van der Waals surface area contributed by atoms with Gasteiger partial charge in [-0.1, -0.05) is 42.5 Å². The molecule has 1 N–H and O–H groups in total. The molecule has 0 bridgehead atoms.